The van der Waals surface area contributed by atoms with Crippen LogP contribution in [0, 0.1) is 0 Å². The molecule has 0 unspecified atom stereocenters. The molecule has 0 radical (unpaired) electrons. The van der Waals surface area contributed by atoms with Gasteiger partial charge in [0.1, 0.15) is 17.3 Å². The van der Waals surface area contributed by atoms with Crippen LogP contribution in [0.2, 0.25) is 0 Å². The number of hydrogen-bond acceptors (Lipinski definition) is 4. The van der Waals surface area contributed by atoms with Crippen molar-refractivity contribution in [2.24, 2.45) is 0 Å². The van der Waals surface area contributed by atoms with Gasteiger partial charge >= 0.3 is 0 Å². The number of nitrogens with zero attached hydrogens (tertiary/aromatic N) is 4. The van der Waals surface area contributed by atoms with Crippen molar-refractivity contribution in [1.82, 2.24) is 9.55 Å². The number of anilines is 2. The molecule has 5 heteroatoms. The number of rotatable bonds is 9. The van der Waals surface area contributed by atoms with Crippen molar-refractivity contribution in [2.45, 2.75) is 45.4 Å². The summed E-state index contributed by atoms with van der Waals surface area (Å²) in [5.74, 6) is 2.39. The number of hydrogen-bond donors (Lipinski definition) is 0. The summed E-state index contributed by atoms with van der Waals surface area (Å²) in [6.45, 7) is 12.1. The minimum atomic E-state index is -0.212. The van der Waals surface area contributed by atoms with Gasteiger partial charge in [-0.2, -0.15) is 0 Å². The van der Waals surface area contributed by atoms with Gasteiger partial charge in [0.2, 0.25) is 0 Å². The second-order valence-electron chi connectivity index (χ2n) is 17.9. The van der Waals surface area contributed by atoms with Crippen LogP contribution in [0.15, 0.2) is 201 Å². The third-order valence-electron chi connectivity index (χ3n) is 12.4. The van der Waals surface area contributed by atoms with E-state index in [1.54, 1.807) is 0 Å². The Hall–Kier alpha value is -7.37. The van der Waals surface area contributed by atoms with E-state index in [1.807, 2.05) is 6.20 Å². The molecular weight excluding hydrogens is 757 g/mol. The van der Waals surface area contributed by atoms with Gasteiger partial charge in [-0.25, -0.2) is 4.98 Å². The fourth-order valence-electron chi connectivity index (χ4n) is 8.72. The molecule has 2 aromatic heterocycles. The maximum atomic E-state index is 6.90. The van der Waals surface area contributed by atoms with Gasteiger partial charge in [0.05, 0.1) is 17.7 Å². The van der Waals surface area contributed by atoms with E-state index in [1.165, 1.54) is 33.2 Å². The molecule has 0 bridgehead atoms. The molecule has 5 nitrogen and oxygen atoms in total. The number of benzene rings is 7. The fraction of sp³-hybridized carbons (Fsp3) is 0.140. The number of pyridine rings is 1. The molecule has 0 N–H and O–H groups in total. The summed E-state index contributed by atoms with van der Waals surface area (Å²) in [6, 6.07) is 64.8. The van der Waals surface area contributed by atoms with Gasteiger partial charge in [0, 0.05) is 58.3 Å². The molecule has 9 aromatic rings. The topological polar surface area (TPSA) is 33.5 Å². The molecule has 0 saturated heterocycles. The average Bonchev–Trinajstić information content (AvgIpc) is 3.93. The Kier molecular flexibility index (Phi) is 9.76. The molecule has 3 heterocycles. The fourth-order valence-corrected chi connectivity index (χ4v) is 8.72. The Balaban J connectivity index is 1.01. The van der Waals surface area contributed by atoms with Gasteiger partial charge < -0.3 is 14.5 Å². The van der Waals surface area contributed by atoms with Crippen molar-refractivity contribution in [3.8, 4) is 39.6 Å². The lowest BCUT2D eigenvalue weighted by Gasteiger charge is -2.26. The predicted molar refractivity (Wildman–Crippen MR) is 259 cm³/mol. The van der Waals surface area contributed by atoms with Crippen LogP contribution in [0.1, 0.15) is 51.3 Å². The number of ether oxygens (including phenoxy) is 1. The smallest absolute Gasteiger partial charge is 0.137 e. The highest BCUT2D eigenvalue weighted by Gasteiger charge is 2.25. The van der Waals surface area contributed by atoms with E-state index >= 15 is 0 Å². The lowest BCUT2D eigenvalue weighted by molar-refractivity contribution is 0.483. The van der Waals surface area contributed by atoms with Crippen molar-refractivity contribution in [1.29, 1.82) is 0 Å². The van der Waals surface area contributed by atoms with Crippen LogP contribution in [-0.4, -0.2) is 16.2 Å². The monoisotopic (exact) mass is 806 g/mol. The summed E-state index contributed by atoms with van der Waals surface area (Å²) >= 11 is 0. The Morgan fingerprint density at radius 3 is 1.73 bits per heavy atom. The maximum Gasteiger partial charge on any atom is 0.137 e. The zero-order chi connectivity index (χ0) is 42.4. The van der Waals surface area contributed by atoms with E-state index in [-0.39, 0.29) is 10.8 Å². The van der Waals surface area contributed by atoms with Gasteiger partial charge in [0.15, 0.2) is 0 Å². The van der Waals surface area contributed by atoms with Gasteiger partial charge in [-0.15, -0.1) is 0 Å². The summed E-state index contributed by atoms with van der Waals surface area (Å²) in [5, 5.41) is 2.32. The van der Waals surface area contributed by atoms with Crippen molar-refractivity contribution in [3.05, 3.63) is 217 Å². The van der Waals surface area contributed by atoms with Crippen LogP contribution in [0.5, 0.6) is 11.5 Å². The lowest BCUT2D eigenvalue weighted by Crippen LogP contribution is -2.25. The van der Waals surface area contributed by atoms with Crippen LogP contribution in [0.25, 0.3) is 49.9 Å². The first-order valence-electron chi connectivity index (χ1n) is 21.5. The summed E-state index contributed by atoms with van der Waals surface area (Å²) in [6.07, 6.45) is 6.29. The SMILES string of the molecule is CC(C)(C)c1cc(-c2ccccc2)cc(N2C=CN(c3cc(Oc4ccc5c6ccccc6n(-c6cc(C(C)(C)c7ccccc7)ccn6)c5c4)cc(-c4ccccc4)c3)C2)c1. The Bertz CT molecular complexity index is 3090. The minimum Gasteiger partial charge on any atom is -0.457 e. The average molecular weight is 807 g/mol. The minimum absolute atomic E-state index is 0.00384. The van der Waals surface area contributed by atoms with Crippen molar-refractivity contribution in [3.63, 3.8) is 0 Å². The lowest BCUT2D eigenvalue weighted by atomic mass is 9.78. The summed E-state index contributed by atoms with van der Waals surface area (Å²) in [4.78, 5) is 9.60. The number of fused-ring (bicyclic) bond motifs is 3. The van der Waals surface area contributed by atoms with Crippen LogP contribution in [0.3, 0.4) is 0 Å². The molecule has 0 amide bonds. The first kappa shape index (κ1) is 38.8. The predicted octanol–water partition coefficient (Wildman–Crippen LogP) is 14.7. The van der Waals surface area contributed by atoms with E-state index in [2.05, 4.69) is 243 Å². The molecule has 0 aliphatic carbocycles. The first-order valence-corrected chi connectivity index (χ1v) is 21.5. The molecular formula is C57H50N4O. The van der Waals surface area contributed by atoms with Gasteiger partial charge in [-0.05, 0) is 99.0 Å². The zero-order valence-electron chi connectivity index (χ0n) is 36.0. The molecule has 1 aliphatic heterocycles. The number of para-hydroxylation sites is 1. The highest BCUT2D eigenvalue weighted by Crippen LogP contribution is 2.40. The molecule has 7 aromatic carbocycles. The molecule has 1 aliphatic rings. The summed E-state index contributed by atoms with van der Waals surface area (Å²) in [5.41, 5.74) is 12.6. The molecule has 0 fully saturated rings. The summed E-state index contributed by atoms with van der Waals surface area (Å²) < 4.78 is 9.18. The Morgan fingerprint density at radius 2 is 1.05 bits per heavy atom. The quantitative estimate of drug-likeness (QED) is 0.145. The third-order valence-corrected chi connectivity index (χ3v) is 12.4. The van der Waals surface area contributed by atoms with Crippen molar-refractivity contribution >= 4 is 33.2 Å². The molecule has 0 atom stereocenters. The van der Waals surface area contributed by atoms with E-state index in [0.29, 0.717) is 6.67 Å². The van der Waals surface area contributed by atoms with E-state index in [4.69, 9.17) is 9.72 Å². The molecule has 0 spiro atoms. The second kappa shape index (κ2) is 15.6. The van der Waals surface area contributed by atoms with Crippen LogP contribution in [0.4, 0.5) is 11.4 Å². The molecule has 62 heavy (non-hydrogen) atoms. The summed E-state index contributed by atoms with van der Waals surface area (Å²) in [7, 11) is 0. The number of aromatic nitrogens is 2. The van der Waals surface area contributed by atoms with Crippen molar-refractivity contribution in [2.75, 3.05) is 16.5 Å². The van der Waals surface area contributed by atoms with E-state index in [0.717, 1.165) is 56.2 Å². The van der Waals surface area contributed by atoms with Gasteiger partial charge in [0.25, 0.3) is 0 Å². The van der Waals surface area contributed by atoms with Crippen LogP contribution >= 0.6 is 0 Å². The molecule has 0 saturated carbocycles. The molecule has 10 rings (SSSR count). The maximum absolute atomic E-state index is 6.90. The van der Waals surface area contributed by atoms with E-state index < -0.39 is 0 Å². The Morgan fingerprint density at radius 1 is 0.452 bits per heavy atom. The van der Waals surface area contributed by atoms with E-state index in [9.17, 15) is 0 Å². The Labute approximate surface area is 364 Å². The standard InChI is InChI=1S/C57H50N4O/c1-56(2,3)46-31-42(40-17-9-6-10-18-40)32-47(35-46)59-29-30-60(39-59)48-33-43(41-19-11-7-12-20-41)34-50(37-48)62-49-25-26-52-51-23-15-16-24-53(51)61(54(52)38-49)55-36-45(27-28-58-55)57(4,5)44-21-13-8-14-22-44/h6-38H,39H2,1-5H3. The second-order valence-corrected chi connectivity index (χ2v) is 17.9. The largest absolute Gasteiger partial charge is 0.457 e. The normalized spacial score (nSPS) is 13.0. The molecule has 304 valence electrons. The highest BCUT2D eigenvalue weighted by molar-refractivity contribution is 6.09. The van der Waals surface area contributed by atoms with Crippen LogP contribution < -0.4 is 14.5 Å². The third kappa shape index (κ3) is 7.41. The van der Waals surface area contributed by atoms with Gasteiger partial charge in [-0.3, -0.25) is 4.57 Å². The van der Waals surface area contributed by atoms with Gasteiger partial charge in [-0.1, -0.05) is 150 Å². The highest BCUT2D eigenvalue weighted by atomic mass is 16.5. The zero-order valence-corrected chi connectivity index (χ0v) is 36.0. The van der Waals surface area contributed by atoms with Crippen molar-refractivity contribution < 1.29 is 4.74 Å². The van der Waals surface area contributed by atoms with Crippen LogP contribution in [-0.2, 0) is 10.8 Å². The first-order chi connectivity index (χ1) is 30.1.